The van der Waals surface area contributed by atoms with Crippen molar-refractivity contribution in [3.05, 3.63) is 36.2 Å². The van der Waals surface area contributed by atoms with Gasteiger partial charge in [-0.1, -0.05) is 23.9 Å². The molecule has 1 N–H and O–H groups in total. The van der Waals surface area contributed by atoms with Gasteiger partial charge in [-0.2, -0.15) is 0 Å². The van der Waals surface area contributed by atoms with Crippen LogP contribution < -0.4 is 5.32 Å². The van der Waals surface area contributed by atoms with Crippen LogP contribution in [-0.4, -0.2) is 31.7 Å². The maximum Gasteiger partial charge on any atom is 0.237 e. The first-order valence-electron chi connectivity index (χ1n) is 6.98. The van der Waals surface area contributed by atoms with Crippen molar-refractivity contribution in [2.24, 2.45) is 0 Å². The second kappa shape index (κ2) is 7.22. The molecule has 116 valence electrons. The quantitative estimate of drug-likeness (QED) is 0.654. The number of para-hydroxylation sites is 1. The molecule has 6 nitrogen and oxygen atoms in total. The SMILES string of the molecule is CCn1cnnc1S[C@H](C)C(=O)Nc1ccccc1C(C)=O. The molecule has 0 bridgehead atoms. The summed E-state index contributed by atoms with van der Waals surface area (Å²) in [6, 6.07) is 6.98. The Labute approximate surface area is 133 Å². The summed E-state index contributed by atoms with van der Waals surface area (Å²) < 4.78 is 1.87. The first-order valence-corrected chi connectivity index (χ1v) is 7.86. The van der Waals surface area contributed by atoms with Gasteiger partial charge >= 0.3 is 0 Å². The van der Waals surface area contributed by atoms with E-state index in [4.69, 9.17) is 0 Å². The number of hydrogen-bond acceptors (Lipinski definition) is 5. The Morgan fingerprint density at radius 1 is 1.36 bits per heavy atom. The highest BCUT2D eigenvalue weighted by atomic mass is 32.2. The number of carbonyl (C=O) groups excluding carboxylic acids is 2. The number of thioether (sulfide) groups is 1. The van der Waals surface area contributed by atoms with Crippen LogP contribution in [0.4, 0.5) is 5.69 Å². The van der Waals surface area contributed by atoms with Crippen molar-refractivity contribution >= 4 is 29.1 Å². The minimum Gasteiger partial charge on any atom is -0.324 e. The summed E-state index contributed by atoms with van der Waals surface area (Å²) in [6.45, 7) is 6.01. The second-order valence-electron chi connectivity index (χ2n) is 4.75. The Morgan fingerprint density at radius 2 is 2.09 bits per heavy atom. The van der Waals surface area contributed by atoms with Crippen LogP contribution in [-0.2, 0) is 11.3 Å². The third-order valence-corrected chi connectivity index (χ3v) is 4.23. The molecule has 2 rings (SSSR count). The van der Waals surface area contributed by atoms with E-state index >= 15 is 0 Å². The summed E-state index contributed by atoms with van der Waals surface area (Å²) >= 11 is 1.34. The molecule has 0 aliphatic heterocycles. The highest BCUT2D eigenvalue weighted by Gasteiger charge is 2.19. The van der Waals surface area contributed by atoms with Gasteiger partial charge in [0.15, 0.2) is 10.9 Å². The Balaban J connectivity index is 2.07. The molecule has 2 aromatic rings. The van der Waals surface area contributed by atoms with E-state index in [0.717, 1.165) is 6.54 Å². The van der Waals surface area contributed by atoms with E-state index in [-0.39, 0.29) is 16.9 Å². The van der Waals surface area contributed by atoms with Gasteiger partial charge in [0, 0.05) is 12.1 Å². The molecule has 0 aliphatic rings. The number of aryl methyl sites for hydroxylation is 1. The molecule has 1 aromatic heterocycles. The lowest BCUT2D eigenvalue weighted by molar-refractivity contribution is -0.115. The lowest BCUT2D eigenvalue weighted by atomic mass is 10.1. The first kappa shape index (κ1) is 16.2. The van der Waals surface area contributed by atoms with Gasteiger partial charge in [-0.15, -0.1) is 10.2 Å². The van der Waals surface area contributed by atoms with Crippen molar-refractivity contribution in [3.63, 3.8) is 0 Å². The fourth-order valence-corrected chi connectivity index (χ4v) is 2.79. The number of nitrogens with one attached hydrogen (secondary N) is 1. The number of Topliss-reactive ketones (excluding diaryl/α,β-unsaturated/α-hetero) is 1. The van der Waals surface area contributed by atoms with E-state index < -0.39 is 0 Å². The number of anilines is 1. The van der Waals surface area contributed by atoms with Gasteiger partial charge < -0.3 is 9.88 Å². The number of nitrogens with zero attached hydrogens (tertiary/aromatic N) is 3. The van der Waals surface area contributed by atoms with E-state index in [1.807, 2.05) is 11.5 Å². The molecule has 0 radical (unpaired) electrons. The molecule has 0 saturated heterocycles. The zero-order valence-corrected chi connectivity index (χ0v) is 13.6. The number of benzene rings is 1. The maximum atomic E-state index is 12.3. The number of hydrogen-bond donors (Lipinski definition) is 1. The maximum absolute atomic E-state index is 12.3. The minimum atomic E-state index is -0.352. The van der Waals surface area contributed by atoms with E-state index in [2.05, 4.69) is 15.5 Å². The predicted molar refractivity (Wildman–Crippen MR) is 86.1 cm³/mol. The lowest BCUT2D eigenvalue weighted by Gasteiger charge is -2.13. The molecule has 0 fully saturated rings. The molecule has 22 heavy (non-hydrogen) atoms. The first-order chi connectivity index (χ1) is 10.5. The molecular weight excluding hydrogens is 300 g/mol. The Morgan fingerprint density at radius 3 is 2.77 bits per heavy atom. The highest BCUT2D eigenvalue weighted by molar-refractivity contribution is 8.00. The predicted octanol–water partition coefficient (Wildman–Crippen LogP) is 2.62. The van der Waals surface area contributed by atoms with Gasteiger partial charge in [-0.3, -0.25) is 9.59 Å². The molecule has 1 heterocycles. The fourth-order valence-electron chi connectivity index (χ4n) is 1.90. The van der Waals surface area contributed by atoms with Crippen molar-refractivity contribution in [3.8, 4) is 0 Å². The number of carbonyl (C=O) groups is 2. The number of aromatic nitrogens is 3. The summed E-state index contributed by atoms with van der Waals surface area (Å²) in [5, 5.41) is 11.0. The van der Waals surface area contributed by atoms with Crippen LogP contribution in [0.1, 0.15) is 31.1 Å². The molecule has 0 aliphatic carbocycles. The van der Waals surface area contributed by atoms with E-state index in [1.54, 1.807) is 37.5 Å². The number of rotatable bonds is 6. The van der Waals surface area contributed by atoms with Gasteiger partial charge in [0.2, 0.25) is 5.91 Å². The van der Waals surface area contributed by atoms with Crippen LogP contribution in [0.3, 0.4) is 0 Å². The molecule has 1 amide bonds. The third kappa shape index (κ3) is 3.73. The fraction of sp³-hybridized carbons (Fsp3) is 0.333. The molecular formula is C15H18N4O2S. The molecule has 0 spiro atoms. The monoisotopic (exact) mass is 318 g/mol. The van der Waals surface area contributed by atoms with Gasteiger partial charge in [0.25, 0.3) is 0 Å². The molecule has 7 heteroatoms. The van der Waals surface area contributed by atoms with Gasteiger partial charge in [0.1, 0.15) is 6.33 Å². The molecule has 0 saturated carbocycles. The zero-order valence-electron chi connectivity index (χ0n) is 12.7. The second-order valence-corrected chi connectivity index (χ2v) is 6.06. The summed E-state index contributed by atoms with van der Waals surface area (Å²) in [7, 11) is 0. The van der Waals surface area contributed by atoms with Crippen LogP contribution in [0, 0.1) is 0 Å². The van der Waals surface area contributed by atoms with E-state index in [1.165, 1.54) is 18.7 Å². The largest absolute Gasteiger partial charge is 0.324 e. The Bertz CT molecular complexity index is 684. The van der Waals surface area contributed by atoms with Crippen molar-refractivity contribution in [2.45, 2.75) is 37.7 Å². The third-order valence-electron chi connectivity index (χ3n) is 3.14. The lowest BCUT2D eigenvalue weighted by Crippen LogP contribution is -2.24. The number of ketones is 1. The zero-order chi connectivity index (χ0) is 16.1. The van der Waals surface area contributed by atoms with Crippen molar-refractivity contribution in [2.75, 3.05) is 5.32 Å². The smallest absolute Gasteiger partial charge is 0.237 e. The Hall–Kier alpha value is -2.15. The molecule has 1 aromatic carbocycles. The average molecular weight is 318 g/mol. The number of amides is 1. The summed E-state index contributed by atoms with van der Waals surface area (Å²) in [5.41, 5.74) is 1.04. The topological polar surface area (TPSA) is 76.9 Å². The van der Waals surface area contributed by atoms with Crippen LogP contribution in [0.15, 0.2) is 35.7 Å². The van der Waals surface area contributed by atoms with Gasteiger partial charge in [-0.05, 0) is 32.9 Å². The van der Waals surface area contributed by atoms with Crippen LogP contribution in [0.5, 0.6) is 0 Å². The van der Waals surface area contributed by atoms with E-state index in [0.29, 0.717) is 16.4 Å². The average Bonchev–Trinajstić information content (AvgIpc) is 2.94. The highest BCUT2D eigenvalue weighted by Crippen LogP contribution is 2.23. The van der Waals surface area contributed by atoms with Crippen LogP contribution in [0.2, 0.25) is 0 Å². The van der Waals surface area contributed by atoms with Crippen molar-refractivity contribution in [1.82, 2.24) is 14.8 Å². The Kier molecular flexibility index (Phi) is 5.32. The van der Waals surface area contributed by atoms with Crippen LogP contribution >= 0.6 is 11.8 Å². The molecule has 0 unspecified atom stereocenters. The van der Waals surface area contributed by atoms with Crippen LogP contribution in [0.25, 0.3) is 0 Å². The van der Waals surface area contributed by atoms with Gasteiger partial charge in [-0.25, -0.2) is 0 Å². The molecule has 1 atom stereocenters. The van der Waals surface area contributed by atoms with Gasteiger partial charge in [0.05, 0.1) is 10.9 Å². The standard InChI is InChI=1S/C15H18N4O2S/c1-4-19-9-16-18-15(19)22-11(3)14(21)17-13-8-6-5-7-12(13)10(2)20/h5-9,11H,4H2,1-3H3,(H,17,21)/t11-/m1/s1. The van der Waals surface area contributed by atoms with Crippen molar-refractivity contribution < 1.29 is 9.59 Å². The van der Waals surface area contributed by atoms with Crippen molar-refractivity contribution in [1.29, 1.82) is 0 Å². The van der Waals surface area contributed by atoms with E-state index in [9.17, 15) is 9.59 Å². The minimum absolute atomic E-state index is 0.0815. The summed E-state index contributed by atoms with van der Waals surface area (Å²) in [5.74, 6) is -0.258. The summed E-state index contributed by atoms with van der Waals surface area (Å²) in [4.78, 5) is 23.9. The normalized spacial score (nSPS) is 12.0. The summed E-state index contributed by atoms with van der Waals surface area (Å²) in [6.07, 6.45) is 1.64.